The highest BCUT2D eigenvalue weighted by atomic mass is 127. The Morgan fingerprint density at radius 2 is 1.87 bits per heavy atom. The van der Waals surface area contributed by atoms with Crippen LogP contribution in [0, 0.1) is 5.82 Å². The monoisotopic (exact) mass is 436 g/mol. The maximum Gasteiger partial charge on any atom is 0.239 e. The zero-order valence-electron chi connectivity index (χ0n) is 14.1. The van der Waals surface area contributed by atoms with E-state index < -0.39 is 0 Å². The second kappa shape index (κ2) is 10.4. The molecule has 1 amide bonds. The zero-order valence-corrected chi connectivity index (χ0v) is 16.4. The van der Waals surface area contributed by atoms with Crippen molar-refractivity contribution >= 4 is 35.8 Å². The summed E-state index contributed by atoms with van der Waals surface area (Å²) < 4.78 is 13.5. The molecule has 0 aliphatic heterocycles. The van der Waals surface area contributed by atoms with Crippen LogP contribution in [0.1, 0.15) is 26.3 Å². The number of benzene rings is 1. The van der Waals surface area contributed by atoms with E-state index in [0.717, 1.165) is 0 Å². The SMILES string of the molecule is CN=C(NCCc1ccccc1F)NCC(=O)NC(C)(C)C.I. The second-order valence-corrected chi connectivity index (χ2v) is 5.99. The first-order chi connectivity index (χ1) is 10.3. The van der Waals surface area contributed by atoms with Crippen LogP contribution in [0.5, 0.6) is 0 Å². The van der Waals surface area contributed by atoms with E-state index in [-0.39, 0.29) is 47.8 Å². The van der Waals surface area contributed by atoms with Crippen LogP contribution in [0.25, 0.3) is 0 Å². The Kier molecular flexibility index (Phi) is 9.78. The van der Waals surface area contributed by atoms with E-state index in [1.807, 2.05) is 26.8 Å². The Morgan fingerprint density at radius 1 is 1.22 bits per heavy atom. The van der Waals surface area contributed by atoms with E-state index in [0.29, 0.717) is 24.5 Å². The quantitative estimate of drug-likeness (QED) is 0.376. The van der Waals surface area contributed by atoms with Crippen LogP contribution in [0.3, 0.4) is 0 Å². The molecule has 0 fully saturated rings. The van der Waals surface area contributed by atoms with Crippen molar-refractivity contribution in [2.75, 3.05) is 20.1 Å². The highest BCUT2D eigenvalue weighted by molar-refractivity contribution is 14.0. The van der Waals surface area contributed by atoms with Crippen LogP contribution >= 0.6 is 24.0 Å². The number of rotatable bonds is 5. The largest absolute Gasteiger partial charge is 0.356 e. The predicted octanol–water partition coefficient (Wildman–Crippen LogP) is 2.07. The molecule has 0 aromatic heterocycles. The van der Waals surface area contributed by atoms with Crippen molar-refractivity contribution in [2.24, 2.45) is 4.99 Å². The molecule has 0 bridgehead atoms. The van der Waals surface area contributed by atoms with Crippen LogP contribution in [0.4, 0.5) is 4.39 Å². The fourth-order valence-electron chi connectivity index (χ4n) is 1.86. The molecule has 0 aliphatic carbocycles. The van der Waals surface area contributed by atoms with Gasteiger partial charge in [0.25, 0.3) is 0 Å². The van der Waals surface area contributed by atoms with E-state index in [2.05, 4.69) is 20.9 Å². The minimum atomic E-state index is -0.263. The molecule has 0 radical (unpaired) electrons. The minimum Gasteiger partial charge on any atom is -0.356 e. The summed E-state index contributed by atoms with van der Waals surface area (Å²) in [5.74, 6) is 0.196. The van der Waals surface area contributed by atoms with E-state index in [1.54, 1.807) is 19.2 Å². The highest BCUT2D eigenvalue weighted by Gasteiger charge is 2.13. The van der Waals surface area contributed by atoms with Gasteiger partial charge in [0.1, 0.15) is 5.82 Å². The Morgan fingerprint density at radius 3 is 2.43 bits per heavy atom. The molecule has 1 aromatic carbocycles. The van der Waals surface area contributed by atoms with Crippen LogP contribution in [-0.2, 0) is 11.2 Å². The van der Waals surface area contributed by atoms with Gasteiger partial charge in [-0.15, -0.1) is 24.0 Å². The third-order valence-electron chi connectivity index (χ3n) is 2.80. The molecule has 23 heavy (non-hydrogen) atoms. The summed E-state index contributed by atoms with van der Waals surface area (Å²) in [4.78, 5) is 15.7. The van der Waals surface area contributed by atoms with Crippen molar-refractivity contribution < 1.29 is 9.18 Å². The van der Waals surface area contributed by atoms with E-state index >= 15 is 0 Å². The average Bonchev–Trinajstić information content (AvgIpc) is 2.42. The molecule has 0 saturated carbocycles. The molecular weight excluding hydrogens is 410 g/mol. The number of hydrogen-bond acceptors (Lipinski definition) is 2. The van der Waals surface area contributed by atoms with Gasteiger partial charge in [0.15, 0.2) is 5.96 Å². The van der Waals surface area contributed by atoms with Gasteiger partial charge < -0.3 is 16.0 Å². The lowest BCUT2D eigenvalue weighted by Gasteiger charge is -2.21. The first kappa shape index (κ1) is 21.6. The molecule has 0 atom stereocenters. The molecule has 1 rings (SSSR count). The van der Waals surface area contributed by atoms with Gasteiger partial charge in [-0.2, -0.15) is 0 Å². The summed E-state index contributed by atoms with van der Waals surface area (Å²) in [6.45, 7) is 6.43. The average molecular weight is 436 g/mol. The summed E-state index contributed by atoms with van der Waals surface area (Å²) in [6, 6.07) is 6.67. The van der Waals surface area contributed by atoms with E-state index in [4.69, 9.17) is 0 Å². The number of guanidine groups is 1. The standard InChI is InChI=1S/C16H25FN4O.HI/c1-16(2,3)21-14(22)11-20-15(18-4)19-10-9-12-7-5-6-8-13(12)17;/h5-8H,9-11H2,1-4H3,(H,21,22)(H2,18,19,20);1H. The van der Waals surface area contributed by atoms with Crippen molar-refractivity contribution in [2.45, 2.75) is 32.7 Å². The fraction of sp³-hybridized carbons (Fsp3) is 0.500. The van der Waals surface area contributed by atoms with Crippen LogP contribution in [0.2, 0.25) is 0 Å². The van der Waals surface area contributed by atoms with Crippen molar-refractivity contribution in [1.29, 1.82) is 0 Å². The van der Waals surface area contributed by atoms with Gasteiger partial charge >= 0.3 is 0 Å². The molecule has 1 aromatic rings. The molecule has 0 saturated heterocycles. The first-order valence-corrected chi connectivity index (χ1v) is 7.31. The van der Waals surface area contributed by atoms with Gasteiger partial charge in [0.2, 0.25) is 5.91 Å². The molecular formula is C16H26FIN4O. The molecule has 0 aliphatic rings. The maximum absolute atomic E-state index is 13.5. The predicted molar refractivity (Wildman–Crippen MR) is 103 cm³/mol. The summed E-state index contributed by atoms with van der Waals surface area (Å²) in [5, 5.41) is 8.84. The number of aliphatic imine (C=N–C) groups is 1. The highest BCUT2D eigenvalue weighted by Crippen LogP contribution is 2.06. The molecule has 0 heterocycles. The number of carbonyl (C=O) groups excluding carboxylic acids is 1. The Labute approximate surface area is 154 Å². The number of hydrogen-bond donors (Lipinski definition) is 3. The van der Waals surface area contributed by atoms with E-state index in [1.165, 1.54) is 6.07 Å². The zero-order chi connectivity index (χ0) is 16.6. The minimum absolute atomic E-state index is 0. The summed E-state index contributed by atoms with van der Waals surface area (Å²) in [5.41, 5.74) is 0.386. The van der Waals surface area contributed by atoms with Crippen molar-refractivity contribution in [3.05, 3.63) is 35.6 Å². The number of nitrogens with zero attached hydrogens (tertiary/aromatic N) is 1. The molecule has 0 unspecified atom stereocenters. The van der Waals surface area contributed by atoms with Gasteiger partial charge in [-0.3, -0.25) is 9.79 Å². The summed E-state index contributed by atoms with van der Waals surface area (Å²) in [7, 11) is 1.63. The smallest absolute Gasteiger partial charge is 0.239 e. The Bertz CT molecular complexity index is 529. The molecule has 0 spiro atoms. The molecule has 130 valence electrons. The van der Waals surface area contributed by atoms with Crippen LogP contribution < -0.4 is 16.0 Å². The van der Waals surface area contributed by atoms with Gasteiger partial charge in [-0.25, -0.2) is 4.39 Å². The molecule has 3 N–H and O–H groups in total. The fourth-order valence-corrected chi connectivity index (χ4v) is 1.86. The lowest BCUT2D eigenvalue weighted by atomic mass is 10.1. The lowest BCUT2D eigenvalue weighted by molar-refractivity contribution is -0.121. The molecule has 7 heteroatoms. The Hall–Kier alpha value is -1.38. The third-order valence-corrected chi connectivity index (χ3v) is 2.80. The van der Waals surface area contributed by atoms with Crippen molar-refractivity contribution in [1.82, 2.24) is 16.0 Å². The van der Waals surface area contributed by atoms with Gasteiger partial charge in [0, 0.05) is 19.1 Å². The van der Waals surface area contributed by atoms with Crippen molar-refractivity contribution in [3.8, 4) is 0 Å². The van der Waals surface area contributed by atoms with E-state index in [9.17, 15) is 9.18 Å². The van der Waals surface area contributed by atoms with Gasteiger partial charge in [0.05, 0.1) is 6.54 Å². The summed E-state index contributed by atoms with van der Waals surface area (Å²) >= 11 is 0. The maximum atomic E-state index is 13.5. The second-order valence-electron chi connectivity index (χ2n) is 5.99. The topological polar surface area (TPSA) is 65.5 Å². The van der Waals surface area contributed by atoms with Crippen LogP contribution in [-0.4, -0.2) is 37.5 Å². The molecule has 5 nitrogen and oxygen atoms in total. The number of nitrogens with one attached hydrogen (secondary N) is 3. The van der Waals surface area contributed by atoms with Gasteiger partial charge in [-0.1, -0.05) is 18.2 Å². The third kappa shape index (κ3) is 9.37. The summed E-state index contributed by atoms with van der Waals surface area (Å²) in [6.07, 6.45) is 0.543. The lowest BCUT2D eigenvalue weighted by Crippen LogP contribution is -2.48. The normalized spacial score (nSPS) is 11.4. The van der Waals surface area contributed by atoms with Crippen LogP contribution in [0.15, 0.2) is 29.3 Å². The Balaban J connectivity index is 0.00000484. The number of halogens is 2. The number of amides is 1. The first-order valence-electron chi connectivity index (χ1n) is 7.31. The van der Waals surface area contributed by atoms with Gasteiger partial charge in [-0.05, 0) is 38.8 Å². The number of carbonyl (C=O) groups is 1. The van der Waals surface area contributed by atoms with Crippen molar-refractivity contribution in [3.63, 3.8) is 0 Å².